The van der Waals surface area contributed by atoms with Crippen LogP contribution in [0.2, 0.25) is 0 Å². The normalized spacial score (nSPS) is 31.4. The van der Waals surface area contributed by atoms with Crippen molar-refractivity contribution < 1.29 is 33.6 Å². The number of rotatable bonds is 13. The molecule has 2 heterocycles. The van der Waals surface area contributed by atoms with Crippen LogP contribution in [0.3, 0.4) is 0 Å². The molecule has 6 rings (SSSR count). The smallest absolute Gasteiger partial charge is 0.315 e. The zero-order chi connectivity index (χ0) is 40.5. The van der Waals surface area contributed by atoms with Gasteiger partial charge in [-0.2, -0.15) is 0 Å². The molecule has 2 aliphatic heterocycles. The molecule has 7 atom stereocenters. The molecule has 0 aromatic rings. The molecular formula is C42H66N6O7. The molecule has 6 aliphatic rings. The molecule has 0 unspecified atom stereocenters. The zero-order valence-corrected chi connectivity index (χ0v) is 34.7. The summed E-state index contributed by atoms with van der Waals surface area (Å²) < 4.78 is 0. The Hall–Kier alpha value is -3.51. The van der Waals surface area contributed by atoms with Crippen LogP contribution in [0, 0.1) is 45.3 Å². The van der Waals surface area contributed by atoms with E-state index in [1.54, 1.807) is 4.90 Å². The number of amides is 7. The molecular weight excluding hydrogens is 700 g/mol. The molecule has 0 aromatic heterocycles. The van der Waals surface area contributed by atoms with Gasteiger partial charge in [0.15, 0.2) is 0 Å². The fourth-order valence-corrected chi connectivity index (χ4v) is 10.1. The summed E-state index contributed by atoms with van der Waals surface area (Å²) in [5.74, 6) is -2.38. The standard InChI is InChI=1S/C42H66N6O7/c1-10-25-18-42(25,33(51)35(53)43-21-24-14-15-24)46-34(52)31-30-26(40(30,7)8)22-48(31)36(54)32(41(9)16-12-11-13-17-41)45-37(55)44-27(38(2,3)4)23-47-28(49)19-39(5,6)20-29(47)50/h24-27,30-32H,10-23H2,1-9H3,(H,43,53)(H,46,52)(H2,44,45,55)/t25-,26-,27+,30-,31-,32+,42+/m0/s1. The lowest BCUT2D eigenvalue weighted by Gasteiger charge is -2.44. The molecule has 0 aromatic carbocycles. The highest BCUT2D eigenvalue weighted by molar-refractivity contribution is 6.41. The molecule has 13 nitrogen and oxygen atoms in total. The number of hydrogen-bond acceptors (Lipinski definition) is 7. The van der Waals surface area contributed by atoms with E-state index in [0.717, 1.165) is 32.1 Å². The largest absolute Gasteiger partial charge is 0.349 e. The third-order valence-electron chi connectivity index (χ3n) is 14.4. The Labute approximate surface area is 327 Å². The molecule has 0 spiro atoms. The number of nitrogens with one attached hydrogen (secondary N) is 4. The van der Waals surface area contributed by atoms with Gasteiger partial charge >= 0.3 is 6.03 Å². The Morgan fingerprint density at radius 1 is 0.891 bits per heavy atom. The van der Waals surface area contributed by atoms with E-state index >= 15 is 0 Å². The number of imide groups is 1. The Bertz CT molecular complexity index is 1590. The third kappa shape index (κ3) is 8.18. The number of likely N-dealkylation sites (tertiary alicyclic amines) is 2. The summed E-state index contributed by atoms with van der Waals surface area (Å²) in [5, 5.41) is 11.9. The van der Waals surface area contributed by atoms with E-state index in [9.17, 15) is 33.6 Å². The van der Waals surface area contributed by atoms with Gasteiger partial charge in [-0.25, -0.2) is 4.79 Å². The Balaban J connectivity index is 1.22. The maximum Gasteiger partial charge on any atom is 0.315 e. The summed E-state index contributed by atoms with van der Waals surface area (Å²) in [6.45, 7) is 18.6. The van der Waals surface area contributed by atoms with E-state index in [2.05, 4.69) is 35.1 Å². The second-order valence-corrected chi connectivity index (χ2v) is 20.7. The molecule has 7 amide bonds. The SMILES string of the molecule is CC[C@H]1C[C@]1(NC(=O)[C@@H]1[C@@H]2[C@H](CN1C(=O)[C@@H](NC(=O)N[C@H](CN1C(=O)CC(C)(C)CC1=O)C(C)(C)C)C1(C)CCCCC1)C2(C)C)C(=O)C(=O)NCC1CC1. The van der Waals surface area contributed by atoms with Crippen molar-refractivity contribution in [1.29, 1.82) is 0 Å². The van der Waals surface area contributed by atoms with Crippen molar-refractivity contribution in [2.75, 3.05) is 19.6 Å². The zero-order valence-electron chi connectivity index (χ0n) is 34.7. The lowest BCUT2D eigenvalue weighted by molar-refractivity contribution is -0.153. The molecule has 55 heavy (non-hydrogen) atoms. The first-order valence-corrected chi connectivity index (χ1v) is 20.9. The number of nitrogens with zero attached hydrogens (tertiary/aromatic N) is 2. The maximum absolute atomic E-state index is 15.0. The summed E-state index contributed by atoms with van der Waals surface area (Å²) in [6, 6.07) is -2.97. The van der Waals surface area contributed by atoms with Gasteiger partial charge in [-0.1, -0.05) is 88.0 Å². The average Bonchev–Trinajstić information content (AvgIpc) is 4.05. The van der Waals surface area contributed by atoms with Gasteiger partial charge in [0.1, 0.15) is 17.6 Å². The predicted molar refractivity (Wildman–Crippen MR) is 206 cm³/mol. The van der Waals surface area contributed by atoms with Gasteiger partial charge in [-0.05, 0) is 77.4 Å². The molecule has 306 valence electrons. The monoisotopic (exact) mass is 766 g/mol. The summed E-state index contributed by atoms with van der Waals surface area (Å²) >= 11 is 0. The van der Waals surface area contributed by atoms with E-state index in [-0.39, 0.29) is 60.3 Å². The number of carbonyl (C=O) groups is 7. The number of piperidine rings is 2. The van der Waals surface area contributed by atoms with E-state index in [1.165, 1.54) is 4.90 Å². The van der Waals surface area contributed by atoms with Crippen molar-refractivity contribution in [2.24, 2.45) is 45.3 Å². The highest BCUT2D eigenvalue weighted by atomic mass is 16.2. The van der Waals surface area contributed by atoms with Crippen LogP contribution in [0.15, 0.2) is 0 Å². The topological polar surface area (TPSA) is 174 Å². The lowest BCUT2D eigenvalue weighted by Crippen LogP contribution is -2.64. The van der Waals surface area contributed by atoms with Crippen LogP contribution in [0.1, 0.15) is 133 Å². The number of carbonyl (C=O) groups excluding carboxylic acids is 7. The van der Waals surface area contributed by atoms with Crippen molar-refractivity contribution in [1.82, 2.24) is 31.1 Å². The van der Waals surface area contributed by atoms with E-state index in [0.29, 0.717) is 44.7 Å². The minimum Gasteiger partial charge on any atom is -0.349 e. The fourth-order valence-electron chi connectivity index (χ4n) is 10.1. The summed E-state index contributed by atoms with van der Waals surface area (Å²) in [6.07, 6.45) is 7.81. The van der Waals surface area contributed by atoms with Crippen molar-refractivity contribution in [3.8, 4) is 0 Å². The first-order valence-electron chi connectivity index (χ1n) is 20.9. The summed E-state index contributed by atoms with van der Waals surface area (Å²) in [7, 11) is 0. The molecule has 0 radical (unpaired) electrons. The molecule has 2 saturated heterocycles. The van der Waals surface area contributed by atoms with Crippen molar-refractivity contribution in [2.45, 2.75) is 157 Å². The lowest BCUT2D eigenvalue weighted by atomic mass is 9.70. The highest BCUT2D eigenvalue weighted by Gasteiger charge is 2.71. The maximum atomic E-state index is 15.0. The van der Waals surface area contributed by atoms with Crippen LogP contribution < -0.4 is 21.3 Å². The molecule has 0 bridgehead atoms. The van der Waals surface area contributed by atoms with Gasteiger partial charge in [-0.3, -0.25) is 33.7 Å². The minimum atomic E-state index is -1.28. The molecule has 4 saturated carbocycles. The van der Waals surface area contributed by atoms with Crippen LogP contribution in [0.5, 0.6) is 0 Å². The van der Waals surface area contributed by atoms with Crippen LogP contribution >= 0.6 is 0 Å². The van der Waals surface area contributed by atoms with Crippen LogP contribution in [-0.4, -0.2) is 94.4 Å². The van der Waals surface area contributed by atoms with Crippen molar-refractivity contribution in [3.05, 3.63) is 0 Å². The highest BCUT2D eigenvalue weighted by Crippen LogP contribution is 2.65. The first kappa shape index (κ1) is 41.1. The Kier molecular flexibility index (Phi) is 10.8. The van der Waals surface area contributed by atoms with Crippen LogP contribution in [-0.2, 0) is 28.8 Å². The van der Waals surface area contributed by atoms with E-state index in [4.69, 9.17) is 0 Å². The number of urea groups is 1. The molecule has 13 heteroatoms. The first-order chi connectivity index (χ1) is 25.5. The second kappa shape index (κ2) is 14.5. The van der Waals surface area contributed by atoms with Gasteiger partial charge in [0, 0.05) is 32.5 Å². The van der Waals surface area contributed by atoms with Crippen molar-refractivity contribution in [3.63, 3.8) is 0 Å². The van der Waals surface area contributed by atoms with Crippen LogP contribution in [0.4, 0.5) is 4.79 Å². The van der Waals surface area contributed by atoms with Gasteiger partial charge in [0.25, 0.3) is 5.91 Å². The molecule has 4 N–H and O–H groups in total. The van der Waals surface area contributed by atoms with Crippen LogP contribution in [0.25, 0.3) is 0 Å². The summed E-state index contributed by atoms with van der Waals surface area (Å²) in [4.78, 5) is 99.3. The number of Topliss-reactive ketones (excluding diaryl/α,β-unsaturated/α-hetero) is 1. The number of ketones is 1. The van der Waals surface area contributed by atoms with Gasteiger partial charge < -0.3 is 26.2 Å². The van der Waals surface area contributed by atoms with E-state index < -0.39 is 63.5 Å². The third-order valence-corrected chi connectivity index (χ3v) is 14.4. The van der Waals surface area contributed by atoms with Gasteiger partial charge in [0.05, 0.1) is 6.04 Å². The van der Waals surface area contributed by atoms with Gasteiger partial charge in [0.2, 0.25) is 29.4 Å². The Morgan fingerprint density at radius 3 is 2.05 bits per heavy atom. The fraction of sp³-hybridized carbons (Fsp3) is 0.833. The summed E-state index contributed by atoms with van der Waals surface area (Å²) in [5.41, 5.74) is -3.03. The van der Waals surface area contributed by atoms with E-state index in [1.807, 2.05) is 48.5 Å². The predicted octanol–water partition coefficient (Wildman–Crippen LogP) is 4.08. The van der Waals surface area contributed by atoms with Gasteiger partial charge in [-0.15, -0.1) is 0 Å². The number of hydrogen-bond donors (Lipinski definition) is 4. The number of fused-ring (bicyclic) bond motifs is 1. The minimum absolute atomic E-state index is 0.0190. The molecule has 4 aliphatic carbocycles. The molecule has 6 fully saturated rings. The average molecular weight is 767 g/mol. The quantitative estimate of drug-likeness (QED) is 0.162. The second-order valence-electron chi connectivity index (χ2n) is 20.7. The van der Waals surface area contributed by atoms with Crippen molar-refractivity contribution >= 4 is 41.4 Å². The Morgan fingerprint density at radius 2 is 1.51 bits per heavy atom.